The van der Waals surface area contributed by atoms with E-state index in [9.17, 15) is 52.7 Å². The van der Waals surface area contributed by atoms with Gasteiger partial charge in [0.2, 0.25) is 65.0 Å². The van der Waals surface area contributed by atoms with Crippen molar-refractivity contribution in [3.05, 3.63) is 71.8 Å². The zero-order valence-electron chi connectivity index (χ0n) is 48.3. The first-order chi connectivity index (χ1) is 39.2. The quantitative estimate of drug-likeness (QED) is 0.0178. The minimum Gasteiger partial charge on any atom is -0.370 e. The summed E-state index contributed by atoms with van der Waals surface area (Å²) in [6, 6.07) is 8.86. The third-order valence-electron chi connectivity index (χ3n) is 12.5. The predicted octanol–water partition coefficient (Wildman–Crippen LogP) is -3.28. The molecule has 83 heavy (non-hydrogen) atoms. The number of nitrogens with one attached hydrogen (secondary N) is 10. The summed E-state index contributed by atoms with van der Waals surface area (Å²) >= 11 is 0. The van der Waals surface area contributed by atoms with Gasteiger partial charge in [-0.25, -0.2) is 0 Å². The van der Waals surface area contributed by atoms with E-state index in [-0.39, 0.29) is 81.9 Å². The van der Waals surface area contributed by atoms with Crippen LogP contribution in [0.1, 0.15) is 104 Å². The SMILES string of the molecule is CC(=O)NCCCC[C@H](NC(=O)CNC(=O)[C@H](CCCN=C(N)N)NC(C)=O)C(=O)N[C@@H](CC(C)C)C(=O)N[C@H](C(=O)N[C@@H](Cc1ccccc1)C(=O)N[C@@H](Cc1ccccc1)C(=O)NCC(=O)N[C@@H](CCCN=C(N)N)C(N)=O)C(C)C. The average Bonchev–Trinajstić information content (AvgIpc) is 3.51. The third-order valence-corrected chi connectivity index (χ3v) is 12.5. The lowest BCUT2D eigenvalue weighted by Gasteiger charge is -2.29. The van der Waals surface area contributed by atoms with Crippen LogP contribution in [0.15, 0.2) is 70.6 Å². The second-order valence-electron chi connectivity index (χ2n) is 20.6. The summed E-state index contributed by atoms with van der Waals surface area (Å²) in [6.45, 7) is 8.98. The van der Waals surface area contributed by atoms with Gasteiger partial charge in [-0.1, -0.05) is 88.4 Å². The minimum absolute atomic E-state index is 0.0451. The van der Waals surface area contributed by atoms with Crippen LogP contribution in [0.2, 0.25) is 0 Å². The zero-order valence-corrected chi connectivity index (χ0v) is 48.3. The van der Waals surface area contributed by atoms with E-state index in [4.69, 9.17) is 28.7 Å². The van der Waals surface area contributed by atoms with Crippen molar-refractivity contribution < 1.29 is 52.7 Å². The molecule has 20 N–H and O–H groups in total. The second-order valence-corrected chi connectivity index (χ2v) is 20.6. The molecule has 28 nitrogen and oxygen atoms in total. The van der Waals surface area contributed by atoms with E-state index in [1.54, 1.807) is 74.5 Å². The van der Waals surface area contributed by atoms with Gasteiger partial charge in [0.15, 0.2) is 11.9 Å². The number of hydrogen-bond donors (Lipinski definition) is 15. The van der Waals surface area contributed by atoms with E-state index < -0.39 is 120 Å². The van der Waals surface area contributed by atoms with Crippen LogP contribution in [0.25, 0.3) is 0 Å². The number of amides is 11. The maximum Gasteiger partial charge on any atom is 0.243 e. The van der Waals surface area contributed by atoms with Crippen LogP contribution in [0.5, 0.6) is 0 Å². The monoisotopic (exact) mass is 1160 g/mol. The number of nitrogens with zero attached hydrogens (tertiary/aromatic N) is 2. The first-order valence-electron chi connectivity index (χ1n) is 27.6. The maximum atomic E-state index is 14.5. The van der Waals surface area contributed by atoms with Crippen LogP contribution in [-0.2, 0) is 65.6 Å². The van der Waals surface area contributed by atoms with Crippen LogP contribution >= 0.6 is 0 Å². The van der Waals surface area contributed by atoms with Crippen molar-refractivity contribution in [2.75, 3.05) is 32.7 Å². The molecule has 2 rings (SSSR count). The van der Waals surface area contributed by atoms with Gasteiger partial charge in [-0.2, -0.15) is 0 Å². The highest BCUT2D eigenvalue weighted by Gasteiger charge is 2.35. The fourth-order valence-electron chi connectivity index (χ4n) is 8.30. The van der Waals surface area contributed by atoms with Crippen LogP contribution in [0, 0.1) is 11.8 Å². The number of primary amides is 1. The summed E-state index contributed by atoms with van der Waals surface area (Å²) in [7, 11) is 0. The average molecular weight is 1160 g/mol. The lowest BCUT2D eigenvalue weighted by Crippen LogP contribution is -2.61. The molecule has 0 radical (unpaired) electrons. The molecule has 28 heteroatoms. The van der Waals surface area contributed by atoms with Crippen LogP contribution in [-0.4, -0.2) is 152 Å². The molecule has 0 unspecified atom stereocenters. The highest BCUT2D eigenvalue weighted by atomic mass is 16.2. The van der Waals surface area contributed by atoms with Crippen LogP contribution in [0.3, 0.4) is 0 Å². The third kappa shape index (κ3) is 30.0. The Hall–Kier alpha value is -8.85. The first-order valence-corrected chi connectivity index (χ1v) is 27.6. The summed E-state index contributed by atoms with van der Waals surface area (Å²) < 4.78 is 0. The molecule has 0 aliphatic carbocycles. The van der Waals surface area contributed by atoms with Crippen LogP contribution in [0.4, 0.5) is 0 Å². The summed E-state index contributed by atoms with van der Waals surface area (Å²) in [4.78, 5) is 154. The molecule has 0 aromatic heterocycles. The van der Waals surface area contributed by atoms with Gasteiger partial charge in [-0.05, 0) is 74.3 Å². The Balaban J connectivity index is 2.38. The molecule has 458 valence electrons. The number of unbranched alkanes of at least 4 members (excludes halogenated alkanes) is 1. The maximum absolute atomic E-state index is 14.5. The van der Waals surface area contributed by atoms with E-state index in [1.807, 2.05) is 13.8 Å². The summed E-state index contributed by atoms with van der Waals surface area (Å²) in [6.07, 6.45) is 1.64. The molecule has 0 saturated heterocycles. The number of benzene rings is 2. The number of carbonyl (C=O) groups excluding carboxylic acids is 11. The van der Waals surface area contributed by atoms with Gasteiger partial charge < -0.3 is 81.8 Å². The molecule has 0 spiro atoms. The fourth-order valence-corrected chi connectivity index (χ4v) is 8.30. The Bertz CT molecular complexity index is 2520. The number of nitrogens with two attached hydrogens (primary N) is 5. The van der Waals surface area contributed by atoms with Gasteiger partial charge in [0, 0.05) is 46.3 Å². The fraction of sp³-hybridized carbons (Fsp3) is 0.545. The Morgan fingerprint density at radius 3 is 1.33 bits per heavy atom. The van der Waals surface area contributed by atoms with E-state index in [0.717, 1.165) is 0 Å². The molecule has 0 aliphatic heterocycles. The van der Waals surface area contributed by atoms with Crippen molar-refractivity contribution in [2.24, 2.45) is 50.5 Å². The molecule has 0 aliphatic rings. The Kier molecular flexibility index (Phi) is 32.1. The summed E-state index contributed by atoms with van der Waals surface area (Å²) in [5.41, 5.74) is 28.3. The van der Waals surface area contributed by atoms with Gasteiger partial charge in [0.1, 0.15) is 42.3 Å². The van der Waals surface area contributed by atoms with E-state index >= 15 is 0 Å². The predicted molar refractivity (Wildman–Crippen MR) is 311 cm³/mol. The van der Waals surface area contributed by atoms with Gasteiger partial charge in [-0.3, -0.25) is 62.7 Å². The first kappa shape index (κ1) is 70.3. The van der Waals surface area contributed by atoms with Crippen molar-refractivity contribution in [1.82, 2.24) is 53.2 Å². The molecule has 0 bridgehead atoms. The Labute approximate surface area is 484 Å². The van der Waals surface area contributed by atoms with Gasteiger partial charge in [0.05, 0.1) is 13.1 Å². The molecule has 0 heterocycles. The molecule has 7 atom stereocenters. The van der Waals surface area contributed by atoms with Crippen molar-refractivity contribution in [2.45, 2.75) is 148 Å². The van der Waals surface area contributed by atoms with Crippen molar-refractivity contribution in [3.63, 3.8) is 0 Å². The number of rotatable bonds is 38. The van der Waals surface area contributed by atoms with Crippen LogP contribution < -0.4 is 81.8 Å². The molecule has 0 fully saturated rings. The summed E-state index contributed by atoms with van der Waals surface area (Å²) in [5.74, 6) is -8.68. The minimum atomic E-state index is -1.34. The lowest BCUT2D eigenvalue weighted by molar-refractivity contribution is -0.136. The summed E-state index contributed by atoms with van der Waals surface area (Å²) in [5, 5.41) is 26.3. The normalized spacial score (nSPS) is 13.3. The van der Waals surface area contributed by atoms with Gasteiger partial charge >= 0.3 is 0 Å². The zero-order chi connectivity index (χ0) is 62.0. The molecule has 0 saturated carbocycles. The number of hydrogen-bond acceptors (Lipinski definition) is 13. The van der Waals surface area contributed by atoms with E-state index in [0.29, 0.717) is 36.8 Å². The molecule has 11 amide bonds. The highest BCUT2D eigenvalue weighted by molar-refractivity contribution is 5.98. The highest BCUT2D eigenvalue weighted by Crippen LogP contribution is 2.13. The smallest absolute Gasteiger partial charge is 0.243 e. The second kappa shape index (κ2) is 38.0. The van der Waals surface area contributed by atoms with Crippen molar-refractivity contribution in [1.29, 1.82) is 0 Å². The molecule has 2 aromatic carbocycles. The van der Waals surface area contributed by atoms with E-state index in [2.05, 4.69) is 63.2 Å². The Morgan fingerprint density at radius 2 is 0.855 bits per heavy atom. The molecular weight excluding hydrogens is 1070 g/mol. The molecule has 2 aromatic rings. The number of guanidine groups is 2. The van der Waals surface area contributed by atoms with Gasteiger partial charge in [-0.15, -0.1) is 0 Å². The number of aliphatic imine (C=N–C) groups is 2. The molecular formula is C55H87N17O11. The number of carbonyl (C=O) groups is 11. The van der Waals surface area contributed by atoms with Crippen molar-refractivity contribution in [3.8, 4) is 0 Å². The lowest BCUT2D eigenvalue weighted by atomic mass is 9.98. The van der Waals surface area contributed by atoms with E-state index in [1.165, 1.54) is 13.8 Å². The van der Waals surface area contributed by atoms with Gasteiger partial charge in [0.25, 0.3) is 0 Å². The largest absolute Gasteiger partial charge is 0.370 e. The Morgan fingerprint density at radius 1 is 0.434 bits per heavy atom. The standard InChI is InChI=1S/C55H87N17O11/c1-32(2)27-41(69-50(80)40(21-13-14-24-61-34(5)73)68-45(76)31-64-48(78)39(66-35(6)74)23-16-26-63-55(59)60)52(82)72-46(33(3)4)53(83)71-43(29-37-19-11-8-12-20-37)51(81)70-42(28-36-17-9-7-10-18-36)49(79)65-30-44(75)67-38(47(56)77)22-15-25-62-54(57)58/h7-12,17-20,32-33,38-43,46H,13-16,21-31H2,1-6H3,(H2,56,77)(H,61,73)(H,64,78)(H,65,79)(H,66,74)(H,67,75)(H,68,76)(H,69,80)(H,70,81)(H,71,83)(H,72,82)(H4,57,58,62)(H4,59,60,63)/t38-,39-,40-,41-,42-,43-,46-/m0/s1. The van der Waals surface area contributed by atoms with Crippen molar-refractivity contribution >= 4 is 76.9 Å². The topological polar surface area (TPSA) is 463 Å².